The van der Waals surface area contributed by atoms with E-state index in [2.05, 4.69) is 23.5 Å². The van der Waals surface area contributed by atoms with Gasteiger partial charge in [0.05, 0.1) is 19.3 Å². The maximum Gasteiger partial charge on any atom is 0.248 e. The van der Waals surface area contributed by atoms with Gasteiger partial charge >= 0.3 is 0 Å². The summed E-state index contributed by atoms with van der Waals surface area (Å²) in [4.78, 5) is 11.3. The fourth-order valence-electron chi connectivity index (χ4n) is 4.01. The Morgan fingerprint density at radius 1 is 0.944 bits per heavy atom. The normalized spacial score (nSPS) is 11.9. The van der Waals surface area contributed by atoms with E-state index in [1.165, 1.54) is 11.6 Å². The van der Waals surface area contributed by atoms with Gasteiger partial charge in [0.1, 0.15) is 5.75 Å². The van der Waals surface area contributed by atoms with Gasteiger partial charge in [0, 0.05) is 24.3 Å². The summed E-state index contributed by atoms with van der Waals surface area (Å²) in [6.45, 7) is 2.06. The van der Waals surface area contributed by atoms with Gasteiger partial charge < -0.3 is 31.1 Å². The van der Waals surface area contributed by atoms with Crippen molar-refractivity contribution in [3.8, 4) is 5.75 Å². The molecule has 0 saturated carbocycles. The molecule has 3 rings (SSSR count). The second-order valence-electron chi connectivity index (χ2n) is 8.91. The minimum Gasteiger partial charge on any atom is -0.508 e. The Morgan fingerprint density at radius 2 is 1.69 bits per heavy atom. The van der Waals surface area contributed by atoms with Crippen LogP contribution in [0.25, 0.3) is 0 Å². The highest BCUT2D eigenvalue weighted by atomic mass is 16.5. The van der Waals surface area contributed by atoms with Gasteiger partial charge in [0.15, 0.2) is 0 Å². The lowest BCUT2D eigenvalue weighted by Crippen LogP contribution is -2.23. The average molecular weight is 493 g/mol. The standard InChI is InChI=1S/C29H36N2O5/c30-29(35)25-9-4-7-21(16-25)5-1-2-14-36-20-23-8-3-6-22(15-23)12-13-31-18-28(34)24-10-11-27(33)26(17-24)19-32/h3-4,6-11,15-17,28,31-34H,1-2,5,12-14,18-20H2,(H2,30,35)/t28-/m0/s1. The fourth-order valence-corrected chi connectivity index (χ4v) is 4.01. The molecule has 0 heterocycles. The van der Waals surface area contributed by atoms with Crippen LogP contribution in [0.4, 0.5) is 0 Å². The molecule has 0 spiro atoms. The number of aryl methyl sites for hydroxylation is 1. The van der Waals surface area contributed by atoms with Crippen molar-refractivity contribution in [2.45, 2.75) is 45.0 Å². The average Bonchev–Trinajstić information content (AvgIpc) is 2.89. The Morgan fingerprint density at radius 3 is 2.47 bits per heavy atom. The van der Waals surface area contributed by atoms with Gasteiger partial charge in [0.25, 0.3) is 0 Å². The first-order valence-electron chi connectivity index (χ1n) is 12.3. The number of benzene rings is 3. The van der Waals surface area contributed by atoms with Gasteiger partial charge in [-0.2, -0.15) is 0 Å². The zero-order chi connectivity index (χ0) is 25.8. The third-order valence-electron chi connectivity index (χ3n) is 6.06. The summed E-state index contributed by atoms with van der Waals surface area (Å²) >= 11 is 0. The lowest BCUT2D eigenvalue weighted by molar-refractivity contribution is 0.1000. The number of aromatic hydroxyl groups is 1. The van der Waals surface area contributed by atoms with Crippen LogP contribution in [-0.4, -0.2) is 40.9 Å². The smallest absolute Gasteiger partial charge is 0.248 e. The van der Waals surface area contributed by atoms with Gasteiger partial charge in [-0.25, -0.2) is 0 Å². The van der Waals surface area contributed by atoms with Gasteiger partial charge in [-0.1, -0.05) is 42.5 Å². The van der Waals surface area contributed by atoms with Gasteiger partial charge in [-0.15, -0.1) is 0 Å². The highest BCUT2D eigenvalue weighted by Gasteiger charge is 2.10. The number of hydrogen-bond acceptors (Lipinski definition) is 6. The molecule has 0 aliphatic rings. The van der Waals surface area contributed by atoms with Crippen molar-refractivity contribution >= 4 is 5.91 Å². The summed E-state index contributed by atoms with van der Waals surface area (Å²) in [6, 6.07) is 20.5. The van der Waals surface area contributed by atoms with E-state index in [1.54, 1.807) is 18.2 Å². The number of hydrogen-bond donors (Lipinski definition) is 5. The van der Waals surface area contributed by atoms with Crippen molar-refractivity contribution in [3.63, 3.8) is 0 Å². The number of phenols is 1. The third-order valence-corrected chi connectivity index (χ3v) is 6.06. The summed E-state index contributed by atoms with van der Waals surface area (Å²) < 4.78 is 5.85. The predicted octanol–water partition coefficient (Wildman–Crippen LogP) is 3.39. The molecule has 1 atom stereocenters. The molecule has 192 valence electrons. The Balaban J connectivity index is 1.32. The monoisotopic (exact) mass is 492 g/mol. The number of nitrogens with two attached hydrogens (primary N) is 1. The zero-order valence-corrected chi connectivity index (χ0v) is 20.5. The van der Waals surface area contributed by atoms with Crippen LogP contribution in [0.15, 0.2) is 66.7 Å². The number of nitrogens with one attached hydrogen (secondary N) is 1. The largest absolute Gasteiger partial charge is 0.508 e. The SMILES string of the molecule is NC(=O)c1cccc(CCCCOCc2cccc(CCNC[C@H](O)c3ccc(O)c(CO)c3)c2)c1. The molecule has 0 saturated heterocycles. The molecular weight excluding hydrogens is 456 g/mol. The summed E-state index contributed by atoms with van der Waals surface area (Å²) in [6.07, 6.45) is 2.90. The van der Waals surface area contributed by atoms with Crippen LogP contribution < -0.4 is 11.1 Å². The Bertz CT molecular complexity index is 1120. The van der Waals surface area contributed by atoms with E-state index in [9.17, 15) is 20.1 Å². The first-order valence-corrected chi connectivity index (χ1v) is 12.3. The van der Waals surface area contributed by atoms with Crippen molar-refractivity contribution in [2.24, 2.45) is 5.73 Å². The van der Waals surface area contributed by atoms with Crippen LogP contribution in [-0.2, 0) is 30.8 Å². The molecule has 0 aliphatic heterocycles. The Kier molecular flexibility index (Phi) is 10.9. The number of aliphatic hydroxyl groups is 2. The lowest BCUT2D eigenvalue weighted by Gasteiger charge is -2.14. The van der Waals surface area contributed by atoms with Crippen LogP contribution >= 0.6 is 0 Å². The zero-order valence-electron chi connectivity index (χ0n) is 20.5. The molecule has 0 unspecified atom stereocenters. The second kappa shape index (κ2) is 14.4. The van der Waals surface area contributed by atoms with Crippen molar-refractivity contribution in [3.05, 3.63) is 100 Å². The van der Waals surface area contributed by atoms with E-state index in [0.29, 0.717) is 43.0 Å². The van der Waals surface area contributed by atoms with Crippen LogP contribution in [0.1, 0.15) is 57.1 Å². The first-order chi connectivity index (χ1) is 17.5. The maximum atomic E-state index is 11.3. The molecule has 0 radical (unpaired) electrons. The van der Waals surface area contributed by atoms with Crippen LogP contribution in [0.2, 0.25) is 0 Å². The second-order valence-corrected chi connectivity index (χ2v) is 8.91. The molecule has 1 amide bonds. The summed E-state index contributed by atoms with van der Waals surface area (Å²) in [5.74, 6) is -0.375. The highest BCUT2D eigenvalue weighted by molar-refractivity contribution is 5.92. The van der Waals surface area contributed by atoms with Crippen LogP contribution in [0, 0.1) is 0 Å². The van der Waals surface area contributed by atoms with Gasteiger partial charge in [0.2, 0.25) is 5.91 Å². The third kappa shape index (κ3) is 8.77. The maximum absolute atomic E-state index is 11.3. The molecule has 7 nitrogen and oxygen atoms in total. The van der Waals surface area contributed by atoms with Crippen molar-refractivity contribution in [1.29, 1.82) is 0 Å². The minimum absolute atomic E-state index is 0.0256. The van der Waals surface area contributed by atoms with Crippen molar-refractivity contribution < 1.29 is 24.9 Å². The summed E-state index contributed by atoms with van der Waals surface area (Å²) in [7, 11) is 0. The number of primary amides is 1. The van der Waals surface area contributed by atoms with E-state index in [1.807, 2.05) is 24.3 Å². The van der Waals surface area contributed by atoms with E-state index < -0.39 is 12.0 Å². The predicted molar refractivity (Wildman–Crippen MR) is 140 cm³/mol. The van der Waals surface area contributed by atoms with E-state index >= 15 is 0 Å². The van der Waals surface area contributed by atoms with Crippen molar-refractivity contribution in [2.75, 3.05) is 19.7 Å². The van der Waals surface area contributed by atoms with E-state index in [0.717, 1.165) is 36.8 Å². The first kappa shape index (κ1) is 27.4. The molecule has 6 N–H and O–H groups in total. The summed E-state index contributed by atoms with van der Waals surface area (Å²) in [5, 5.41) is 32.6. The minimum atomic E-state index is -0.720. The number of unbranched alkanes of at least 4 members (excludes halogenated alkanes) is 1. The fraction of sp³-hybridized carbons (Fsp3) is 0.345. The Labute approximate surface area is 212 Å². The number of rotatable bonds is 15. The molecule has 3 aromatic rings. The molecule has 0 bridgehead atoms. The topological polar surface area (TPSA) is 125 Å². The molecular formula is C29H36N2O5. The summed E-state index contributed by atoms with van der Waals surface area (Å²) in [5.41, 5.74) is 10.4. The quantitative estimate of drug-likeness (QED) is 0.207. The number of amides is 1. The number of ether oxygens (including phenoxy) is 1. The van der Waals surface area contributed by atoms with Crippen molar-refractivity contribution in [1.82, 2.24) is 5.32 Å². The van der Waals surface area contributed by atoms with Gasteiger partial charge in [-0.05, 0) is 78.7 Å². The van der Waals surface area contributed by atoms with Crippen LogP contribution in [0.3, 0.4) is 0 Å². The highest BCUT2D eigenvalue weighted by Crippen LogP contribution is 2.22. The molecule has 7 heteroatoms. The molecule has 0 aliphatic carbocycles. The van der Waals surface area contributed by atoms with Gasteiger partial charge in [-0.3, -0.25) is 4.79 Å². The molecule has 36 heavy (non-hydrogen) atoms. The number of aliphatic hydroxyl groups excluding tert-OH is 2. The Hall–Kier alpha value is -3.23. The molecule has 0 fully saturated rings. The lowest BCUT2D eigenvalue weighted by atomic mass is 10.0. The number of carbonyl (C=O) groups excluding carboxylic acids is 1. The van der Waals surface area contributed by atoms with Crippen LogP contribution in [0.5, 0.6) is 5.75 Å². The molecule has 3 aromatic carbocycles. The number of carbonyl (C=O) groups is 1. The molecule has 0 aromatic heterocycles. The van der Waals surface area contributed by atoms with E-state index in [-0.39, 0.29) is 12.4 Å². The van der Waals surface area contributed by atoms with E-state index in [4.69, 9.17) is 10.5 Å².